The second-order valence-electron chi connectivity index (χ2n) is 6.53. The molecule has 2 amide bonds. The molecule has 0 bridgehead atoms. The number of carbonyl (C=O) groups excluding carboxylic acids is 2. The first kappa shape index (κ1) is 18.6. The molecule has 6 heteroatoms. The molecule has 1 heterocycles. The summed E-state index contributed by atoms with van der Waals surface area (Å²) in [5.41, 5.74) is 2.27. The minimum absolute atomic E-state index is 0.0665. The van der Waals surface area contributed by atoms with Gasteiger partial charge in [-0.1, -0.05) is 37.3 Å². The molecule has 0 aliphatic rings. The molecule has 3 aromatic rings. The lowest BCUT2D eigenvalue weighted by Gasteiger charge is -2.14. The number of hydrogen-bond donors (Lipinski definition) is 2. The van der Waals surface area contributed by atoms with Gasteiger partial charge in [0.1, 0.15) is 12.4 Å². The van der Waals surface area contributed by atoms with E-state index >= 15 is 0 Å². The Kier molecular flexibility index (Phi) is 5.86. The maximum Gasteiger partial charge on any atom is 0.251 e. The number of benzene rings is 2. The molecule has 0 spiro atoms. The standard InChI is InChI=1S/C21H24N4O2/c1-3-15(2)23-20(26)14-25-18-12-8-7-11-17(18)24-19(25)13-22-21(27)16-9-5-4-6-10-16/h4-12,15H,3,13-14H2,1-2H3,(H,22,27)(H,23,26). The normalized spacial score (nSPS) is 11.9. The zero-order valence-corrected chi connectivity index (χ0v) is 15.6. The van der Waals surface area contributed by atoms with Gasteiger partial charge in [0.2, 0.25) is 5.91 Å². The van der Waals surface area contributed by atoms with Crippen LogP contribution in [0.25, 0.3) is 11.0 Å². The lowest BCUT2D eigenvalue weighted by Crippen LogP contribution is -2.35. The average molecular weight is 364 g/mol. The molecule has 0 aliphatic heterocycles. The molecule has 1 aromatic heterocycles. The molecule has 0 radical (unpaired) electrons. The van der Waals surface area contributed by atoms with Crippen LogP contribution in [0, 0.1) is 0 Å². The van der Waals surface area contributed by atoms with Crippen molar-refractivity contribution in [2.75, 3.05) is 0 Å². The minimum Gasteiger partial charge on any atom is -0.352 e. The van der Waals surface area contributed by atoms with Gasteiger partial charge in [0.05, 0.1) is 17.6 Å². The SMILES string of the molecule is CCC(C)NC(=O)Cn1c(CNC(=O)c2ccccc2)nc2ccccc21. The van der Waals surface area contributed by atoms with Crippen molar-refractivity contribution in [2.24, 2.45) is 0 Å². The number of rotatable bonds is 7. The van der Waals surface area contributed by atoms with Crippen molar-refractivity contribution in [1.82, 2.24) is 20.2 Å². The zero-order chi connectivity index (χ0) is 19.2. The highest BCUT2D eigenvalue weighted by Gasteiger charge is 2.15. The summed E-state index contributed by atoms with van der Waals surface area (Å²) in [5, 5.41) is 5.86. The number of imidazole rings is 1. The number of nitrogens with zero attached hydrogens (tertiary/aromatic N) is 2. The number of carbonyl (C=O) groups is 2. The largest absolute Gasteiger partial charge is 0.352 e. The second-order valence-corrected chi connectivity index (χ2v) is 6.53. The third kappa shape index (κ3) is 4.53. The van der Waals surface area contributed by atoms with E-state index in [9.17, 15) is 9.59 Å². The number of fused-ring (bicyclic) bond motifs is 1. The first-order valence-corrected chi connectivity index (χ1v) is 9.15. The van der Waals surface area contributed by atoms with Crippen molar-refractivity contribution >= 4 is 22.8 Å². The van der Waals surface area contributed by atoms with Crippen molar-refractivity contribution in [2.45, 2.75) is 39.4 Å². The fraction of sp³-hybridized carbons (Fsp3) is 0.286. The maximum absolute atomic E-state index is 12.4. The van der Waals surface area contributed by atoms with Crippen LogP contribution in [-0.4, -0.2) is 27.4 Å². The summed E-state index contributed by atoms with van der Waals surface area (Å²) in [6, 6.07) is 16.8. The van der Waals surface area contributed by atoms with Gasteiger partial charge in [-0.15, -0.1) is 0 Å². The van der Waals surface area contributed by atoms with Crippen LogP contribution in [0.5, 0.6) is 0 Å². The van der Waals surface area contributed by atoms with E-state index in [1.54, 1.807) is 12.1 Å². The Balaban J connectivity index is 1.80. The first-order chi connectivity index (χ1) is 13.1. The van der Waals surface area contributed by atoms with Gasteiger partial charge in [-0.3, -0.25) is 9.59 Å². The molecule has 0 aliphatic carbocycles. The van der Waals surface area contributed by atoms with Crippen LogP contribution in [0.1, 0.15) is 36.5 Å². The predicted octanol–water partition coefficient (Wildman–Crippen LogP) is 2.88. The average Bonchev–Trinajstić information content (AvgIpc) is 3.04. The summed E-state index contributed by atoms with van der Waals surface area (Å²) in [6.45, 7) is 4.42. The number of para-hydroxylation sites is 2. The van der Waals surface area contributed by atoms with Crippen LogP contribution in [-0.2, 0) is 17.9 Å². The van der Waals surface area contributed by atoms with Crippen LogP contribution in [0.4, 0.5) is 0 Å². The molecule has 140 valence electrons. The second kappa shape index (κ2) is 8.49. The lowest BCUT2D eigenvalue weighted by atomic mass is 10.2. The summed E-state index contributed by atoms with van der Waals surface area (Å²) in [6.07, 6.45) is 0.871. The molecule has 2 N–H and O–H groups in total. The van der Waals surface area contributed by atoms with Crippen molar-refractivity contribution in [1.29, 1.82) is 0 Å². The van der Waals surface area contributed by atoms with Crippen molar-refractivity contribution in [3.63, 3.8) is 0 Å². The predicted molar refractivity (Wildman–Crippen MR) is 105 cm³/mol. The number of amides is 2. The number of nitrogens with one attached hydrogen (secondary N) is 2. The van der Waals surface area contributed by atoms with E-state index in [1.165, 1.54) is 0 Å². The van der Waals surface area contributed by atoms with Crippen LogP contribution >= 0.6 is 0 Å². The van der Waals surface area contributed by atoms with E-state index in [-0.39, 0.29) is 30.9 Å². The summed E-state index contributed by atoms with van der Waals surface area (Å²) in [4.78, 5) is 29.3. The Labute approximate surface area is 158 Å². The van der Waals surface area contributed by atoms with E-state index < -0.39 is 0 Å². The van der Waals surface area contributed by atoms with E-state index in [0.29, 0.717) is 11.4 Å². The van der Waals surface area contributed by atoms with Gasteiger partial charge in [0, 0.05) is 11.6 Å². The van der Waals surface area contributed by atoms with E-state index in [0.717, 1.165) is 17.5 Å². The Morgan fingerprint density at radius 3 is 2.52 bits per heavy atom. The summed E-state index contributed by atoms with van der Waals surface area (Å²) < 4.78 is 1.86. The zero-order valence-electron chi connectivity index (χ0n) is 15.6. The highest BCUT2D eigenvalue weighted by atomic mass is 16.2. The lowest BCUT2D eigenvalue weighted by molar-refractivity contribution is -0.122. The molecular formula is C21H24N4O2. The van der Waals surface area contributed by atoms with Gasteiger partial charge in [0.15, 0.2) is 0 Å². The summed E-state index contributed by atoms with van der Waals surface area (Å²) in [5.74, 6) is 0.418. The molecule has 2 aromatic carbocycles. The van der Waals surface area contributed by atoms with Crippen molar-refractivity contribution in [3.8, 4) is 0 Å². The Morgan fingerprint density at radius 2 is 1.78 bits per heavy atom. The van der Waals surface area contributed by atoms with Crippen molar-refractivity contribution in [3.05, 3.63) is 66.0 Å². The molecule has 6 nitrogen and oxygen atoms in total. The molecule has 0 saturated carbocycles. The van der Waals surface area contributed by atoms with Crippen molar-refractivity contribution < 1.29 is 9.59 Å². The van der Waals surface area contributed by atoms with Gasteiger partial charge in [-0.25, -0.2) is 4.98 Å². The third-order valence-corrected chi connectivity index (χ3v) is 4.50. The van der Waals surface area contributed by atoms with Crippen LogP contribution in [0.3, 0.4) is 0 Å². The monoisotopic (exact) mass is 364 g/mol. The molecule has 1 unspecified atom stereocenters. The highest BCUT2D eigenvalue weighted by Crippen LogP contribution is 2.16. The van der Waals surface area contributed by atoms with Gasteiger partial charge >= 0.3 is 0 Å². The fourth-order valence-corrected chi connectivity index (χ4v) is 2.85. The number of aromatic nitrogens is 2. The Bertz CT molecular complexity index is 934. The third-order valence-electron chi connectivity index (χ3n) is 4.50. The fourth-order valence-electron chi connectivity index (χ4n) is 2.85. The van der Waals surface area contributed by atoms with E-state index in [2.05, 4.69) is 15.6 Å². The number of hydrogen-bond acceptors (Lipinski definition) is 3. The Hall–Kier alpha value is -3.15. The topological polar surface area (TPSA) is 76.0 Å². The van der Waals surface area contributed by atoms with Crippen LogP contribution < -0.4 is 10.6 Å². The first-order valence-electron chi connectivity index (χ1n) is 9.15. The molecule has 0 saturated heterocycles. The summed E-state index contributed by atoms with van der Waals surface area (Å²) in [7, 11) is 0. The quantitative estimate of drug-likeness (QED) is 0.677. The van der Waals surface area contributed by atoms with Gasteiger partial charge in [-0.2, -0.15) is 0 Å². The molecule has 27 heavy (non-hydrogen) atoms. The summed E-state index contributed by atoms with van der Waals surface area (Å²) >= 11 is 0. The van der Waals surface area contributed by atoms with Gasteiger partial charge in [0.25, 0.3) is 5.91 Å². The van der Waals surface area contributed by atoms with E-state index in [4.69, 9.17) is 0 Å². The highest BCUT2D eigenvalue weighted by molar-refractivity contribution is 5.94. The van der Waals surface area contributed by atoms with Gasteiger partial charge in [-0.05, 0) is 37.6 Å². The van der Waals surface area contributed by atoms with Crippen LogP contribution in [0.15, 0.2) is 54.6 Å². The minimum atomic E-state index is -0.168. The molecular weight excluding hydrogens is 340 g/mol. The van der Waals surface area contributed by atoms with Gasteiger partial charge < -0.3 is 15.2 Å². The van der Waals surface area contributed by atoms with E-state index in [1.807, 2.05) is 60.9 Å². The maximum atomic E-state index is 12.4. The Morgan fingerprint density at radius 1 is 1.07 bits per heavy atom. The smallest absolute Gasteiger partial charge is 0.251 e. The molecule has 1 atom stereocenters. The molecule has 0 fully saturated rings. The molecule has 3 rings (SSSR count). The van der Waals surface area contributed by atoms with Crippen LogP contribution in [0.2, 0.25) is 0 Å².